The smallest absolute Gasteiger partial charge is 0.257 e. The molecule has 0 bridgehead atoms. The third kappa shape index (κ3) is 3.52. The molecule has 1 fully saturated rings. The van der Waals surface area contributed by atoms with Crippen LogP contribution in [-0.2, 0) is 6.54 Å². The van der Waals surface area contributed by atoms with Crippen molar-refractivity contribution < 1.29 is 4.79 Å². The number of hydrogen-bond donors (Lipinski definition) is 0. The van der Waals surface area contributed by atoms with Gasteiger partial charge in [-0.25, -0.2) is 4.98 Å². The predicted octanol–water partition coefficient (Wildman–Crippen LogP) is 4.42. The second-order valence-electron chi connectivity index (χ2n) is 7.33. The fourth-order valence-corrected chi connectivity index (χ4v) is 3.75. The molecule has 0 N–H and O–H groups in total. The Morgan fingerprint density at radius 1 is 1.07 bits per heavy atom. The van der Waals surface area contributed by atoms with Crippen molar-refractivity contribution in [3.63, 3.8) is 0 Å². The van der Waals surface area contributed by atoms with E-state index in [1.807, 2.05) is 49.5 Å². The number of nitrogens with zero attached hydrogens (tertiary/aromatic N) is 3. The van der Waals surface area contributed by atoms with Gasteiger partial charge in [0.05, 0.1) is 11.1 Å². The van der Waals surface area contributed by atoms with E-state index in [1.165, 1.54) is 11.1 Å². The summed E-state index contributed by atoms with van der Waals surface area (Å²) in [5.41, 5.74) is 4.02. The Hall–Kier alpha value is -2.88. The Kier molecular flexibility index (Phi) is 4.80. The number of rotatable bonds is 4. The second kappa shape index (κ2) is 7.39. The van der Waals surface area contributed by atoms with Gasteiger partial charge in [-0.3, -0.25) is 4.79 Å². The first kappa shape index (κ1) is 17.5. The average molecular weight is 359 g/mol. The van der Waals surface area contributed by atoms with Gasteiger partial charge in [0, 0.05) is 32.1 Å². The van der Waals surface area contributed by atoms with Crippen molar-refractivity contribution in [1.82, 2.24) is 9.88 Å². The number of benzene rings is 2. The molecule has 0 atom stereocenters. The van der Waals surface area contributed by atoms with E-state index < -0.39 is 0 Å². The van der Waals surface area contributed by atoms with Crippen LogP contribution in [0.3, 0.4) is 0 Å². The van der Waals surface area contributed by atoms with Crippen LogP contribution >= 0.6 is 0 Å². The van der Waals surface area contributed by atoms with Crippen LogP contribution in [0.2, 0.25) is 0 Å². The zero-order valence-corrected chi connectivity index (χ0v) is 16.0. The minimum absolute atomic E-state index is 0.0263. The summed E-state index contributed by atoms with van der Waals surface area (Å²) in [7, 11) is 1.87. The highest BCUT2D eigenvalue weighted by Gasteiger charge is 2.24. The molecule has 138 valence electrons. The number of carbonyl (C=O) groups excluding carboxylic acids is 1. The average Bonchev–Trinajstić information content (AvgIpc) is 3.23. The summed E-state index contributed by atoms with van der Waals surface area (Å²) in [4.78, 5) is 22.3. The lowest BCUT2D eigenvalue weighted by atomic mass is 10.1. The van der Waals surface area contributed by atoms with Crippen LogP contribution in [0.15, 0.2) is 54.6 Å². The number of anilines is 1. The molecule has 0 spiro atoms. The predicted molar refractivity (Wildman–Crippen MR) is 110 cm³/mol. The zero-order valence-electron chi connectivity index (χ0n) is 16.0. The van der Waals surface area contributed by atoms with Gasteiger partial charge in [0.1, 0.15) is 5.82 Å². The van der Waals surface area contributed by atoms with Crippen LogP contribution in [0, 0.1) is 6.92 Å². The largest absolute Gasteiger partial charge is 0.356 e. The number of amides is 1. The van der Waals surface area contributed by atoms with E-state index in [-0.39, 0.29) is 5.91 Å². The standard InChI is InChI=1S/C23H25N3O/c1-17-9-3-4-11-19(17)16-25(2)23(27)20-15-18-10-5-6-12-21(18)24-22(20)26-13-7-8-14-26/h3-6,9-12,15H,7-8,13-14,16H2,1-2H3. The third-order valence-corrected chi connectivity index (χ3v) is 5.36. The summed E-state index contributed by atoms with van der Waals surface area (Å²) >= 11 is 0. The van der Waals surface area contributed by atoms with Gasteiger partial charge in [-0.1, -0.05) is 42.5 Å². The number of carbonyl (C=O) groups is 1. The first-order valence-electron chi connectivity index (χ1n) is 9.58. The maximum atomic E-state index is 13.3. The maximum absolute atomic E-state index is 13.3. The van der Waals surface area contributed by atoms with Crippen LogP contribution in [-0.4, -0.2) is 35.9 Å². The molecule has 4 rings (SSSR count). The van der Waals surface area contributed by atoms with Crippen LogP contribution < -0.4 is 4.90 Å². The summed E-state index contributed by atoms with van der Waals surface area (Å²) < 4.78 is 0. The van der Waals surface area contributed by atoms with Crippen LogP contribution in [0.5, 0.6) is 0 Å². The molecule has 4 heteroatoms. The fraction of sp³-hybridized carbons (Fsp3) is 0.304. The highest BCUT2D eigenvalue weighted by atomic mass is 16.2. The van der Waals surface area contributed by atoms with Crippen LogP contribution in [0.1, 0.15) is 34.3 Å². The normalized spacial score (nSPS) is 13.9. The first-order chi connectivity index (χ1) is 13.1. The molecule has 1 aromatic heterocycles. The van der Waals surface area contributed by atoms with Crippen LogP contribution in [0.4, 0.5) is 5.82 Å². The number of pyridine rings is 1. The van der Waals surface area contributed by atoms with Crippen molar-refractivity contribution in [3.05, 3.63) is 71.3 Å². The molecule has 0 aliphatic carbocycles. The lowest BCUT2D eigenvalue weighted by Gasteiger charge is -2.24. The van der Waals surface area contributed by atoms with Gasteiger partial charge in [-0.05, 0) is 43.0 Å². The summed E-state index contributed by atoms with van der Waals surface area (Å²) in [5.74, 6) is 0.853. The molecule has 4 nitrogen and oxygen atoms in total. The SMILES string of the molecule is Cc1ccccc1CN(C)C(=O)c1cc2ccccc2nc1N1CCCC1. The Morgan fingerprint density at radius 2 is 1.78 bits per heavy atom. The van der Waals surface area contributed by atoms with E-state index in [1.54, 1.807) is 4.90 Å². The van der Waals surface area contributed by atoms with Gasteiger partial charge in [0.2, 0.25) is 0 Å². The summed E-state index contributed by atoms with van der Waals surface area (Å²) in [6, 6.07) is 18.2. The Labute approximate surface area is 160 Å². The van der Waals surface area contributed by atoms with Gasteiger partial charge in [0.15, 0.2) is 0 Å². The molecule has 0 unspecified atom stereocenters. The molecule has 1 aliphatic rings. The minimum Gasteiger partial charge on any atom is -0.356 e. The van der Waals surface area contributed by atoms with Crippen molar-refractivity contribution in [2.24, 2.45) is 0 Å². The summed E-state index contributed by atoms with van der Waals surface area (Å²) in [6.45, 7) is 4.61. The second-order valence-corrected chi connectivity index (χ2v) is 7.33. The van der Waals surface area contributed by atoms with E-state index in [0.717, 1.165) is 42.7 Å². The Morgan fingerprint density at radius 3 is 2.56 bits per heavy atom. The Balaban J connectivity index is 1.71. The summed E-state index contributed by atoms with van der Waals surface area (Å²) in [6.07, 6.45) is 2.31. The van der Waals surface area contributed by atoms with Gasteiger partial charge in [-0.15, -0.1) is 0 Å². The van der Waals surface area contributed by atoms with Crippen molar-refractivity contribution in [2.75, 3.05) is 25.0 Å². The van der Waals surface area contributed by atoms with Crippen molar-refractivity contribution in [3.8, 4) is 0 Å². The zero-order chi connectivity index (χ0) is 18.8. The molecule has 1 aliphatic heterocycles. The molecule has 27 heavy (non-hydrogen) atoms. The van der Waals surface area contributed by atoms with E-state index in [4.69, 9.17) is 4.98 Å². The third-order valence-electron chi connectivity index (χ3n) is 5.36. The van der Waals surface area contributed by atoms with Crippen molar-refractivity contribution in [1.29, 1.82) is 0 Å². The quantitative estimate of drug-likeness (QED) is 0.692. The van der Waals surface area contributed by atoms with Gasteiger partial charge in [-0.2, -0.15) is 0 Å². The number of hydrogen-bond acceptors (Lipinski definition) is 3. The van der Waals surface area contributed by atoms with Gasteiger partial charge < -0.3 is 9.80 Å². The van der Waals surface area contributed by atoms with E-state index in [9.17, 15) is 4.79 Å². The van der Waals surface area contributed by atoms with Crippen LogP contribution in [0.25, 0.3) is 10.9 Å². The molecular weight excluding hydrogens is 334 g/mol. The summed E-state index contributed by atoms with van der Waals surface area (Å²) in [5, 5.41) is 1.01. The first-order valence-corrected chi connectivity index (χ1v) is 9.58. The number of aromatic nitrogens is 1. The molecule has 1 amide bonds. The van der Waals surface area contributed by atoms with Crippen molar-refractivity contribution >= 4 is 22.6 Å². The Bertz CT molecular complexity index is 976. The number of aryl methyl sites for hydroxylation is 1. The van der Waals surface area contributed by atoms with E-state index in [2.05, 4.69) is 24.0 Å². The van der Waals surface area contributed by atoms with E-state index in [0.29, 0.717) is 12.1 Å². The fourth-order valence-electron chi connectivity index (χ4n) is 3.75. The number of para-hydroxylation sites is 1. The molecule has 3 aromatic rings. The minimum atomic E-state index is 0.0263. The molecule has 0 saturated carbocycles. The lowest BCUT2D eigenvalue weighted by molar-refractivity contribution is 0.0785. The van der Waals surface area contributed by atoms with Crippen molar-refractivity contribution in [2.45, 2.75) is 26.3 Å². The molecule has 0 radical (unpaired) electrons. The molecule has 1 saturated heterocycles. The maximum Gasteiger partial charge on any atom is 0.257 e. The molecular formula is C23H25N3O. The number of fused-ring (bicyclic) bond motifs is 1. The van der Waals surface area contributed by atoms with Gasteiger partial charge >= 0.3 is 0 Å². The van der Waals surface area contributed by atoms with E-state index >= 15 is 0 Å². The monoisotopic (exact) mass is 359 g/mol. The highest BCUT2D eigenvalue weighted by molar-refractivity contribution is 6.02. The lowest BCUT2D eigenvalue weighted by Crippen LogP contribution is -2.30. The molecule has 2 heterocycles. The topological polar surface area (TPSA) is 36.4 Å². The molecule has 2 aromatic carbocycles. The van der Waals surface area contributed by atoms with Gasteiger partial charge in [0.25, 0.3) is 5.91 Å². The highest BCUT2D eigenvalue weighted by Crippen LogP contribution is 2.28.